The summed E-state index contributed by atoms with van der Waals surface area (Å²) in [5, 5.41) is 0. The third kappa shape index (κ3) is 4.69. The second-order valence-electron chi connectivity index (χ2n) is 5.01. The summed E-state index contributed by atoms with van der Waals surface area (Å²) in [5.41, 5.74) is 11.6. The average Bonchev–Trinajstić information content (AvgIpc) is 2.57. The van der Waals surface area contributed by atoms with Crippen molar-refractivity contribution < 1.29 is 22.0 Å². The Labute approximate surface area is 153 Å². The third-order valence-corrected chi connectivity index (χ3v) is 3.86. The number of pyridine rings is 1. The molecule has 0 aliphatic heterocycles. The molecule has 0 aliphatic carbocycles. The standard InChI is InChI=1S/C11H7F3N2.C6H4BrF2N/c12-8-4-7(10(15)5-9(8)13)6-1-2-16-11(14)3-6;7-3-1-4(8)5(9)2-6(3)10/h1-5H,15H2;1-2H,10H2. The maximum atomic E-state index is 13.0. The second kappa shape index (κ2) is 8.13. The maximum Gasteiger partial charge on any atom is 0.213 e. The number of hydrogen-bond acceptors (Lipinski definition) is 3. The van der Waals surface area contributed by atoms with Crippen molar-refractivity contribution in [1.82, 2.24) is 4.98 Å². The van der Waals surface area contributed by atoms with E-state index in [1.165, 1.54) is 12.3 Å². The molecule has 0 saturated heterocycles. The first-order chi connectivity index (χ1) is 12.2. The number of anilines is 2. The van der Waals surface area contributed by atoms with Crippen molar-refractivity contribution in [2.75, 3.05) is 11.5 Å². The van der Waals surface area contributed by atoms with E-state index in [0.29, 0.717) is 10.0 Å². The highest BCUT2D eigenvalue weighted by Crippen LogP contribution is 2.28. The van der Waals surface area contributed by atoms with E-state index in [9.17, 15) is 22.0 Å². The normalized spacial score (nSPS) is 10.2. The van der Waals surface area contributed by atoms with Crippen molar-refractivity contribution in [2.24, 2.45) is 0 Å². The fraction of sp³-hybridized carbons (Fsp3) is 0. The van der Waals surface area contributed by atoms with Crippen LogP contribution in [0.3, 0.4) is 0 Å². The van der Waals surface area contributed by atoms with Crippen molar-refractivity contribution in [3.05, 3.63) is 76.3 Å². The first-order valence-corrected chi connectivity index (χ1v) is 7.74. The Morgan fingerprint density at radius 1 is 0.731 bits per heavy atom. The smallest absolute Gasteiger partial charge is 0.213 e. The van der Waals surface area contributed by atoms with Crippen LogP contribution in [0, 0.1) is 29.2 Å². The summed E-state index contributed by atoms with van der Waals surface area (Å²) >= 11 is 2.95. The van der Waals surface area contributed by atoms with Gasteiger partial charge in [-0.05, 0) is 39.7 Å². The molecule has 4 N–H and O–H groups in total. The lowest BCUT2D eigenvalue weighted by Crippen LogP contribution is -1.95. The van der Waals surface area contributed by atoms with E-state index in [-0.39, 0.29) is 16.9 Å². The quantitative estimate of drug-likeness (QED) is 0.245. The predicted octanol–water partition coefficient (Wildman–Crippen LogP) is 5.06. The van der Waals surface area contributed by atoms with E-state index in [0.717, 1.165) is 30.3 Å². The molecule has 0 aliphatic rings. The average molecular weight is 432 g/mol. The molecule has 136 valence electrons. The van der Waals surface area contributed by atoms with E-state index < -0.39 is 29.2 Å². The van der Waals surface area contributed by atoms with Crippen LogP contribution < -0.4 is 11.5 Å². The Balaban J connectivity index is 0.000000209. The number of nitrogens with two attached hydrogens (primary N) is 2. The molecule has 2 aromatic carbocycles. The van der Waals surface area contributed by atoms with Gasteiger partial charge in [0.2, 0.25) is 5.95 Å². The van der Waals surface area contributed by atoms with Gasteiger partial charge in [0.05, 0.1) is 0 Å². The minimum absolute atomic E-state index is 0.0458. The van der Waals surface area contributed by atoms with Crippen molar-refractivity contribution >= 4 is 27.3 Å². The van der Waals surface area contributed by atoms with Crippen LogP contribution in [0.1, 0.15) is 0 Å². The van der Waals surface area contributed by atoms with E-state index in [4.69, 9.17) is 11.5 Å². The van der Waals surface area contributed by atoms with Gasteiger partial charge < -0.3 is 11.5 Å². The summed E-state index contributed by atoms with van der Waals surface area (Å²) in [6.45, 7) is 0. The third-order valence-electron chi connectivity index (χ3n) is 3.17. The highest BCUT2D eigenvalue weighted by atomic mass is 79.9. The van der Waals surface area contributed by atoms with Gasteiger partial charge >= 0.3 is 0 Å². The maximum absolute atomic E-state index is 13.0. The molecule has 9 heteroatoms. The van der Waals surface area contributed by atoms with Gasteiger partial charge in [0, 0.05) is 45.8 Å². The van der Waals surface area contributed by atoms with E-state index in [1.807, 2.05) is 0 Å². The highest BCUT2D eigenvalue weighted by Gasteiger charge is 2.10. The molecule has 0 fully saturated rings. The van der Waals surface area contributed by atoms with Gasteiger partial charge in [-0.2, -0.15) is 4.39 Å². The second-order valence-corrected chi connectivity index (χ2v) is 5.86. The lowest BCUT2D eigenvalue weighted by molar-refractivity contribution is 0.508. The number of benzene rings is 2. The lowest BCUT2D eigenvalue weighted by Gasteiger charge is -2.06. The Kier molecular flexibility index (Phi) is 6.14. The van der Waals surface area contributed by atoms with Crippen molar-refractivity contribution in [3.8, 4) is 11.1 Å². The topological polar surface area (TPSA) is 64.9 Å². The molecule has 0 unspecified atom stereocenters. The van der Waals surface area contributed by atoms with E-state index >= 15 is 0 Å². The van der Waals surface area contributed by atoms with Crippen LogP contribution in [-0.4, -0.2) is 4.98 Å². The minimum Gasteiger partial charge on any atom is -0.398 e. The fourth-order valence-electron chi connectivity index (χ4n) is 1.92. The zero-order chi connectivity index (χ0) is 19.4. The number of aromatic nitrogens is 1. The molecule has 1 aromatic heterocycles. The van der Waals surface area contributed by atoms with Crippen LogP contribution in [-0.2, 0) is 0 Å². The molecule has 0 bridgehead atoms. The Morgan fingerprint density at radius 2 is 1.27 bits per heavy atom. The van der Waals surface area contributed by atoms with Gasteiger partial charge in [0.15, 0.2) is 23.3 Å². The number of hydrogen-bond donors (Lipinski definition) is 2. The fourth-order valence-corrected chi connectivity index (χ4v) is 2.24. The molecular formula is C17H11BrF5N3. The first-order valence-electron chi connectivity index (χ1n) is 6.95. The van der Waals surface area contributed by atoms with Crippen LogP contribution in [0.4, 0.5) is 33.3 Å². The van der Waals surface area contributed by atoms with Gasteiger partial charge in [0.1, 0.15) is 0 Å². The number of nitrogen functional groups attached to an aromatic ring is 2. The summed E-state index contributed by atoms with van der Waals surface area (Å²) in [6.07, 6.45) is 1.23. The lowest BCUT2D eigenvalue weighted by atomic mass is 10.0. The molecule has 3 rings (SSSR count). The van der Waals surface area contributed by atoms with Crippen LogP contribution in [0.5, 0.6) is 0 Å². The van der Waals surface area contributed by atoms with Crippen molar-refractivity contribution in [1.29, 1.82) is 0 Å². The summed E-state index contributed by atoms with van der Waals surface area (Å²) in [5.74, 6) is -4.60. The van der Waals surface area contributed by atoms with E-state index in [2.05, 4.69) is 20.9 Å². The molecule has 0 spiro atoms. The zero-order valence-electron chi connectivity index (χ0n) is 12.9. The molecule has 0 radical (unpaired) electrons. The monoisotopic (exact) mass is 431 g/mol. The van der Waals surface area contributed by atoms with Gasteiger partial charge in [-0.25, -0.2) is 22.5 Å². The molecule has 3 nitrogen and oxygen atoms in total. The van der Waals surface area contributed by atoms with E-state index in [1.54, 1.807) is 0 Å². The van der Waals surface area contributed by atoms with Gasteiger partial charge in [-0.1, -0.05) is 0 Å². The number of rotatable bonds is 1. The summed E-state index contributed by atoms with van der Waals surface area (Å²) in [7, 11) is 0. The summed E-state index contributed by atoms with van der Waals surface area (Å²) in [6, 6.07) is 6.28. The van der Waals surface area contributed by atoms with Crippen molar-refractivity contribution in [2.45, 2.75) is 0 Å². The van der Waals surface area contributed by atoms with Crippen molar-refractivity contribution in [3.63, 3.8) is 0 Å². The molecule has 26 heavy (non-hydrogen) atoms. The van der Waals surface area contributed by atoms with Crippen LogP contribution in [0.15, 0.2) is 47.1 Å². The molecular weight excluding hydrogens is 421 g/mol. The summed E-state index contributed by atoms with van der Waals surface area (Å²) < 4.78 is 63.6. The molecule has 0 saturated carbocycles. The zero-order valence-corrected chi connectivity index (χ0v) is 14.5. The highest BCUT2D eigenvalue weighted by molar-refractivity contribution is 9.10. The van der Waals surface area contributed by atoms with Crippen LogP contribution in [0.25, 0.3) is 11.1 Å². The SMILES string of the molecule is Nc1cc(F)c(F)cc1-c1ccnc(F)c1.Nc1cc(F)c(F)cc1Br. The molecule has 0 atom stereocenters. The van der Waals surface area contributed by atoms with Gasteiger partial charge in [-0.3, -0.25) is 0 Å². The Bertz CT molecular complexity index is 900. The minimum atomic E-state index is -1.03. The first kappa shape index (κ1) is 19.6. The Morgan fingerprint density at radius 3 is 1.85 bits per heavy atom. The van der Waals surface area contributed by atoms with Gasteiger partial charge in [-0.15, -0.1) is 0 Å². The van der Waals surface area contributed by atoms with Gasteiger partial charge in [0.25, 0.3) is 0 Å². The molecule has 3 aromatic rings. The summed E-state index contributed by atoms with van der Waals surface area (Å²) in [4.78, 5) is 3.36. The van der Waals surface area contributed by atoms with Crippen LogP contribution >= 0.6 is 15.9 Å². The largest absolute Gasteiger partial charge is 0.398 e. The molecule has 1 heterocycles. The number of nitrogens with zero attached hydrogens (tertiary/aromatic N) is 1. The predicted molar refractivity (Wildman–Crippen MR) is 92.4 cm³/mol. The molecule has 0 amide bonds. The Hall–Kier alpha value is -2.68. The number of halogens is 6. The van der Waals surface area contributed by atoms with Crippen LogP contribution in [0.2, 0.25) is 0 Å².